The number of amides is 1. The highest BCUT2D eigenvalue weighted by Crippen LogP contribution is 2.24. The first kappa shape index (κ1) is 12.3. The highest BCUT2D eigenvalue weighted by Gasteiger charge is 2.33. The van der Waals surface area contributed by atoms with E-state index in [2.05, 4.69) is 22.1 Å². The second kappa shape index (κ2) is 5.13. The summed E-state index contributed by atoms with van der Waals surface area (Å²) in [4.78, 5) is 12.2. The van der Waals surface area contributed by atoms with Crippen LogP contribution in [0.1, 0.15) is 25.1 Å². The van der Waals surface area contributed by atoms with E-state index in [-0.39, 0.29) is 17.9 Å². The third kappa shape index (κ3) is 2.28. The second-order valence-electron chi connectivity index (χ2n) is 5.00. The number of hydrogen-bond acceptors (Lipinski definition) is 4. The van der Waals surface area contributed by atoms with E-state index in [4.69, 9.17) is 4.74 Å². The summed E-state index contributed by atoms with van der Waals surface area (Å²) in [6, 6.07) is 0. The number of aryl methyl sites for hydroxylation is 1. The van der Waals surface area contributed by atoms with Gasteiger partial charge in [0, 0.05) is 19.6 Å². The number of hydrogen-bond donors (Lipinski definition) is 1. The smallest absolute Gasteiger partial charge is 0.232 e. The van der Waals surface area contributed by atoms with Crippen LogP contribution in [-0.4, -0.2) is 33.4 Å². The molecular formula is C13H18N4O2. The minimum Gasteiger partial charge on any atom is -0.373 e. The molecule has 3 rings (SSSR count). The van der Waals surface area contributed by atoms with Gasteiger partial charge in [0.25, 0.3) is 0 Å². The fraction of sp³-hybridized carbons (Fsp3) is 0.615. The lowest BCUT2D eigenvalue weighted by atomic mass is 10.0. The van der Waals surface area contributed by atoms with E-state index in [1.807, 2.05) is 4.57 Å². The molecule has 0 radical (unpaired) electrons. The number of fused-ring (bicyclic) bond motifs is 1. The van der Waals surface area contributed by atoms with Crippen molar-refractivity contribution in [1.82, 2.24) is 14.8 Å². The molecule has 19 heavy (non-hydrogen) atoms. The summed E-state index contributed by atoms with van der Waals surface area (Å²) in [6.07, 6.45) is 5.41. The number of anilines is 1. The van der Waals surface area contributed by atoms with E-state index < -0.39 is 0 Å². The lowest BCUT2D eigenvalue weighted by Gasteiger charge is -2.17. The minimum atomic E-state index is -0.191. The van der Waals surface area contributed by atoms with E-state index >= 15 is 0 Å². The predicted octanol–water partition coefficient (Wildman–Crippen LogP) is 1.14. The molecule has 1 N–H and O–H groups in total. The number of nitrogens with zero attached hydrogens (tertiary/aromatic N) is 3. The average Bonchev–Trinajstić information content (AvgIpc) is 3.05. The maximum absolute atomic E-state index is 12.2. The second-order valence-corrected chi connectivity index (χ2v) is 5.00. The number of nitrogens with one attached hydrogen (secondary N) is 1. The zero-order chi connectivity index (χ0) is 13.2. The van der Waals surface area contributed by atoms with E-state index in [1.165, 1.54) is 0 Å². The summed E-state index contributed by atoms with van der Waals surface area (Å²) in [6.45, 7) is 5.19. The molecule has 3 heterocycles. The first-order valence-electron chi connectivity index (χ1n) is 6.76. The van der Waals surface area contributed by atoms with Gasteiger partial charge in [0.05, 0.1) is 12.0 Å². The third-order valence-corrected chi connectivity index (χ3v) is 3.80. The van der Waals surface area contributed by atoms with Crippen LogP contribution in [0.25, 0.3) is 0 Å². The zero-order valence-corrected chi connectivity index (χ0v) is 10.8. The van der Waals surface area contributed by atoms with Gasteiger partial charge in [-0.2, -0.15) is 0 Å². The van der Waals surface area contributed by atoms with E-state index in [1.54, 1.807) is 6.08 Å². The Labute approximate surface area is 111 Å². The van der Waals surface area contributed by atoms with Gasteiger partial charge >= 0.3 is 0 Å². The van der Waals surface area contributed by atoms with Crippen LogP contribution in [0.4, 0.5) is 5.95 Å². The van der Waals surface area contributed by atoms with Crippen molar-refractivity contribution in [3.63, 3.8) is 0 Å². The van der Waals surface area contributed by atoms with Crippen LogP contribution in [0.3, 0.4) is 0 Å². The fourth-order valence-corrected chi connectivity index (χ4v) is 2.73. The Morgan fingerprint density at radius 1 is 1.47 bits per heavy atom. The van der Waals surface area contributed by atoms with Crippen molar-refractivity contribution in [3.05, 3.63) is 18.5 Å². The van der Waals surface area contributed by atoms with Crippen molar-refractivity contribution in [2.75, 3.05) is 11.9 Å². The Hall–Kier alpha value is -1.69. The van der Waals surface area contributed by atoms with Crippen molar-refractivity contribution in [2.24, 2.45) is 5.92 Å². The monoisotopic (exact) mass is 262 g/mol. The Bertz CT molecular complexity index is 497. The van der Waals surface area contributed by atoms with Crippen molar-refractivity contribution in [1.29, 1.82) is 0 Å². The van der Waals surface area contributed by atoms with Crippen molar-refractivity contribution in [3.8, 4) is 0 Å². The van der Waals surface area contributed by atoms with Crippen LogP contribution >= 0.6 is 0 Å². The van der Waals surface area contributed by atoms with Crippen LogP contribution in [0, 0.1) is 5.92 Å². The van der Waals surface area contributed by atoms with Crippen LogP contribution in [0.15, 0.2) is 12.7 Å². The van der Waals surface area contributed by atoms with Gasteiger partial charge in [0.1, 0.15) is 5.82 Å². The molecule has 0 unspecified atom stereocenters. The topological polar surface area (TPSA) is 69.0 Å². The molecule has 1 aromatic heterocycles. The van der Waals surface area contributed by atoms with Gasteiger partial charge < -0.3 is 4.74 Å². The molecule has 0 spiro atoms. The number of carbonyl (C=O) groups excluding carboxylic acids is 1. The van der Waals surface area contributed by atoms with E-state index in [0.717, 1.165) is 38.1 Å². The van der Waals surface area contributed by atoms with Gasteiger partial charge in [-0.25, -0.2) is 0 Å². The summed E-state index contributed by atoms with van der Waals surface area (Å²) in [5.41, 5.74) is 0. The van der Waals surface area contributed by atoms with Gasteiger partial charge in [-0.15, -0.1) is 16.8 Å². The normalized spacial score (nSPS) is 25.9. The number of aromatic nitrogens is 3. The molecule has 6 heteroatoms. The minimum absolute atomic E-state index is 0.0526. The summed E-state index contributed by atoms with van der Waals surface area (Å²) in [7, 11) is 0. The molecule has 102 valence electrons. The zero-order valence-electron chi connectivity index (χ0n) is 10.8. The summed E-state index contributed by atoms with van der Waals surface area (Å²) >= 11 is 0. The molecule has 1 fully saturated rings. The maximum atomic E-state index is 12.2. The van der Waals surface area contributed by atoms with Gasteiger partial charge in [0.15, 0.2) is 0 Å². The SMILES string of the molecule is C=C[C@@H]1OCC[C@H]1C(=O)Nc1nnc2n1CCCC2. The Morgan fingerprint density at radius 2 is 2.37 bits per heavy atom. The van der Waals surface area contributed by atoms with Gasteiger partial charge in [-0.1, -0.05) is 6.08 Å². The highest BCUT2D eigenvalue weighted by molar-refractivity contribution is 5.91. The molecule has 0 bridgehead atoms. The number of ether oxygens (including phenoxy) is 1. The standard InChI is InChI=1S/C13H18N4O2/c1-2-10-9(6-8-19-10)12(18)14-13-16-15-11-5-3-4-7-17(11)13/h2,9-10H,1,3-8H2,(H,14,16,18)/t9-,10+/m1/s1. The fourth-order valence-electron chi connectivity index (χ4n) is 2.73. The average molecular weight is 262 g/mol. The third-order valence-electron chi connectivity index (χ3n) is 3.80. The predicted molar refractivity (Wildman–Crippen MR) is 69.6 cm³/mol. The maximum Gasteiger partial charge on any atom is 0.232 e. The summed E-state index contributed by atoms with van der Waals surface area (Å²) in [5.74, 6) is 1.30. The van der Waals surface area contributed by atoms with Gasteiger partial charge in [0.2, 0.25) is 11.9 Å². The Kier molecular flexibility index (Phi) is 3.33. The molecule has 2 aliphatic heterocycles. The first-order chi connectivity index (χ1) is 9.29. The van der Waals surface area contributed by atoms with Crippen molar-refractivity contribution < 1.29 is 9.53 Å². The van der Waals surface area contributed by atoms with Crippen LogP contribution < -0.4 is 5.32 Å². The molecule has 0 saturated carbocycles. The van der Waals surface area contributed by atoms with Crippen LogP contribution in [-0.2, 0) is 22.5 Å². The van der Waals surface area contributed by atoms with Crippen molar-refractivity contribution >= 4 is 11.9 Å². The summed E-state index contributed by atoms with van der Waals surface area (Å²) < 4.78 is 7.45. The van der Waals surface area contributed by atoms with Crippen LogP contribution in [0.2, 0.25) is 0 Å². The molecule has 1 saturated heterocycles. The molecule has 2 aliphatic rings. The van der Waals surface area contributed by atoms with Gasteiger partial charge in [-0.05, 0) is 19.3 Å². The lowest BCUT2D eigenvalue weighted by molar-refractivity contribution is -0.120. The Balaban J connectivity index is 1.72. The molecule has 0 aliphatic carbocycles. The largest absolute Gasteiger partial charge is 0.373 e. The molecule has 6 nitrogen and oxygen atoms in total. The number of carbonyl (C=O) groups is 1. The molecular weight excluding hydrogens is 244 g/mol. The quantitative estimate of drug-likeness (QED) is 0.829. The molecule has 0 aromatic carbocycles. The van der Waals surface area contributed by atoms with Crippen molar-refractivity contribution in [2.45, 2.75) is 38.3 Å². The molecule has 2 atom stereocenters. The summed E-state index contributed by atoms with van der Waals surface area (Å²) in [5, 5.41) is 11.1. The van der Waals surface area contributed by atoms with E-state index in [9.17, 15) is 4.79 Å². The van der Waals surface area contributed by atoms with Crippen LogP contribution in [0.5, 0.6) is 0 Å². The molecule has 1 aromatic rings. The Morgan fingerprint density at radius 3 is 3.21 bits per heavy atom. The highest BCUT2D eigenvalue weighted by atomic mass is 16.5. The first-order valence-corrected chi connectivity index (χ1v) is 6.76. The lowest BCUT2D eigenvalue weighted by Crippen LogP contribution is -2.30. The molecule has 1 amide bonds. The van der Waals surface area contributed by atoms with E-state index in [0.29, 0.717) is 12.6 Å². The van der Waals surface area contributed by atoms with Gasteiger partial charge in [-0.3, -0.25) is 14.7 Å². The number of rotatable bonds is 3.